The first-order valence-electron chi connectivity index (χ1n) is 8.58. The number of rotatable bonds is 5. The van der Waals surface area contributed by atoms with E-state index in [1.54, 1.807) is 48.0 Å². The first kappa shape index (κ1) is 21.2. The molecule has 2 aromatic carbocycles. The van der Waals surface area contributed by atoms with Gasteiger partial charge in [0.05, 0.1) is 45.4 Å². The van der Waals surface area contributed by atoms with Crippen molar-refractivity contribution in [1.29, 1.82) is 0 Å². The Morgan fingerprint density at radius 2 is 1.76 bits per heavy atom. The van der Waals surface area contributed by atoms with E-state index in [4.69, 9.17) is 34.8 Å². The zero-order valence-electron chi connectivity index (χ0n) is 15.6. The molecule has 0 atom stereocenters. The Balaban J connectivity index is 1.73. The molecule has 1 aromatic heterocycles. The van der Waals surface area contributed by atoms with Crippen LogP contribution in [0.15, 0.2) is 48.7 Å². The second-order valence-electron chi connectivity index (χ2n) is 6.34. The Labute approximate surface area is 183 Å². The molecule has 1 N–H and O–H groups in total. The van der Waals surface area contributed by atoms with Crippen molar-refractivity contribution in [2.75, 3.05) is 18.9 Å². The Hall–Kier alpha value is -2.54. The van der Waals surface area contributed by atoms with Crippen LogP contribution in [0.4, 0.5) is 5.69 Å². The molecule has 6 nitrogen and oxygen atoms in total. The number of hydrogen-bond acceptors (Lipinski definition) is 3. The Morgan fingerprint density at radius 3 is 2.41 bits per heavy atom. The maximum Gasteiger partial charge on any atom is 0.257 e. The average molecular weight is 452 g/mol. The van der Waals surface area contributed by atoms with Crippen LogP contribution in [0, 0.1) is 6.92 Å². The summed E-state index contributed by atoms with van der Waals surface area (Å²) in [5.74, 6) is -0.757. The van der Waals surface area contributed by atoms with Gasteiger partial charge in [0.15, 0.2) is 0 Å². The van der Waals surface area contributed by atoms with Crippen LogP contribution in [-0.2, 0) is 4.79 Å². The summed E-state index contributed by atoms with van der Waals surface area (Å²) >= 11 is 18.2. The van der Waals surface area contributed by atoms with E-state index in [-0.39, 0.29) is 12.5 Å². The van der Waals surface area contributed by atoms with Crippen LogP contribution in [0.1, 0.15) is 16.1 Å². The Bertz CT molecular complexity index is 1060. The molecule has 0 aliphatic rings. The minimum atomic E-state index is -0.421. The number of carbonyl (C=O) groups is 2. The van der Waals surface area contributed by atoms with Gasteiger partial charge in [-0.1, -0.05) is 46.9 Å². The maximum absolute atomic E-state index is 12.8. The molecule has 9 heteroatoms. The van der Waals surface area contributed by atoms with Crippen LogP contribution in [0.3, 0.4) is 0 Å². The summed E-state index contributed by atoms with van der Waals surface area (Å²) in [4.78, 5) is 26.5. The van der Waals surface area contributed by atoms with Crippen molar-refractivity contribution in [2.45, 2.75) is 6.92 Å². The van der Waals surface area contributed by atoms with E-state index in [2.05, 4.69) is 10.4 Å². The van der Waals surface area contributed by atoms with Gasteiger partial charge in [-0.2, -0.15) is 5.10 Å². The van der Waals surface area contributed by atoms with Gasteiger partial charge in [0.25, 0.3) is 5.91 Å². The van der Waals surface area contributed by atoms with Crippen molar-refractivity contribution in [3.05, 3.63) is 75.0 Å². The molecular weight excluding hydrogens is 435 g/mol. The van der Waals surface area contributed by atoms with E-state index in [1.165, 1.54) is 18.1 Å². The first-order valence-corrected chi connectivity index (χ1v) is 9.71. The van der Waals surface area contributed by atoms with E-state index in [0.717, 1.165) is 5.69 Å². The molecule has 3 aromatic rings. The van der Waals surface area contributed by atoms with Crippen LogP contribution < -0.4 is 5.32 Å². The molecule has 0 saturated carbocycles. The number of hydrogen-bond donors (Lipinski definition) is 1. The van der Waals surface area contributed by atoms with E-state index in [0.29, 0.717) is 32.0 Å². The molecule has 1 heterocycles. The highest BCUT2D eigenvalue weighted by Crippen LogP contribution is 2.29. The zero-order chi connectivity index (χ0) is 21.1. The lowest BCUT2D eigenvalue weighted by Crippen LogP contribution is -2.35. The van der Waals surface area contributed by atoms with Crippen LogP contribution in [-0.4, -0.2) is 40.1 Å². The largest absolute Gasteiger partial charge is 0.332 e. The van der Waals surface area contributed by atoms with Crippen LogP contribution in [0.2, 0.25) is 15.1 Å². The molecule has 0 bridgehead atoms. The first-order chi connectivity index (χ1) is 13.8. The summed E-state index contributed by atoms with van der Waals surface area (Å²) < 4.78 is 1.62. The summed E-state index contributed by atoms with van der Waals surface area (Å²) in [6.07, 6.45) is 1.47. The molecule has 150 valence electrons. The Kier molecular flexibility index (Phi) is 6.47. The summed E-state index contributed by atoms with van der Waals surface area (Å²) in [5.41, 5.74) is 2.07. The predicted octanol–water partition coefficient (Wildman–Crippen LogP) is 4.85. The number of carbonyl (C=O) groups excluding carboxylic acids is 2. The van der Waals surface area contributed by atoms with Crippen molar-refractivity contribution in [2.24, 2.45) is 0 Å². The topological polar surface area (TPSA) is 67.2 Å². The van der Waals surface area contributed by atoms with Gasteiger partial charge in [-0.25, -0.2) is 4.68 Å². The quantitative estimate of drug-likeness (QED) is 0.603. The fourth-order valence-corrected chi connectivity index (χ4v) is 3.45. The van der Waals surface area contributed by atoms with Gasteiger partial charge in [-0.05, 0) is 37.3 Å². The van der Waals surface area contributed by atoms with Crippen molar-refractivity contribution in [3.63, 3.8) is 0 Å². The Morgan fingerprint density at radius 1 is 1.10 bits per heavy atom. The second-order valence-corrected chi connectivity index (χ2v) is 7.59. The van der Waals surface area contributed by atoms with Crippen LogP contribution in [0.5, 0.6) is 0 Å². The van der Waals surface area contributed by atoms with E-state index < -0.39 is 5.91 Å². The SMILES string of the molecule is Cc1c(C(=O)N(C)CC(=O)Nc2c(Cl)cccc2Cl)cnn1-c1cccc(Cl)c1. The molecule has 0 aliphatic carbocycles. The zero-order valence-corrected chi connectivity index (χ0v) is 17.9. The van der Waals surface area contributed by atoms with Crippen molar-refractivity contribution >= 4 is 52.3 Å². The van der Waals surface area contributed by atoms with Gasteiger partial charge in [0.2, 0.25) is 5.91 Å². The van der Waals surface area contributed by atoms with Crippen molar-refractivity contribution in [3.8, 4) is 5.69 Å². The lowest BCUT2D eigenvalue weighted by Gasteiger charge is -2.17. The fourth-order valence-electron chi connectivity index (χ4n) is 2.78. The minimum Gasteiger partial charge on any atom is -0.332 e. The number of aromatic nitrogens is 2. The van der Waals surface area contributed by atoms with Gasteiger partial charge < -0.3 is 10.2 Å². The number of likely N-dealkylation sites (N-methyl/N-ethyl adjacent to an activating group) is 1. The third kappa shape index (κ3) is 4.72. The van der Waals surface area contributed by atoms with E-state index in [9.17, 15) is 9.59 Å². The third-order valence-corrected chi connectivity index (χ3v) is 5.11. The number of halogens is 3. The number of anilines is 1. The lowest BCUT2D eigenvalue weighted by atomic mass is 10.2. The van der Waals surface area contributed by atoms with Gasteiger partial charge >= 0.3 is 0 Å². The molecule has 2 amide bonds. The number of benzene rings is 2. The number of nitrogens with one attached hydrogen (secondary N) is 1. The van der Waals surface area contributed by atoms with Gasteiger partial charge in [0.1, 0.15) is 0 Å². The second kappa shape index (κ2) is 8.86. The summed E-state index contributed by atoms with van der Waals surface area (Å²) in [6.45, 7) is 1.60. The standard InChI is InChI=1S/C20H17Cl3N4O2/c1-12-15(10-24-27(12)14-6-3-5-13(21)9-14)20(29)26(2)11-18(28)25-19-16(22)7-4-8-17(19)23/h3-10H,11H2,1-2H3,(H,25,28). The molecule has 3 rings (SSSR count). The highest BCUT2D eigenvalue weighted by atomic mass is 35.5. The molecule has 0 aliphatic heterocycles. The van der Waals surface area contributed by atoms with Crippen LogP contribution in [0.25, 0.3) is 5.69 Å². The molecule has 0 fully saturated rings. The van der Waals surface area contributed by atoms with Crippen molar-refractivity contribution in [1.82, 2.24) is 14.7 Å². The third-order valence-electron chi connectivity index (χ3n) is 4.25. The molecular formula is C20H17Cl3N4O2. The average Bonchev–Trinajstić information content (AvgIpc) is 3.05. The number of nitrogens with zero attached hydrogens (tertiary/aromatic N) is 3. The van der Waals surface area contributed by atoms with Crippen molar-refractivity contribution < 1.29 is 9.59 Å². The number of para-hydroxylation sites is 1. The number of amides is 2. The van der Waals surface area contributed by atoms with Gasteiger partial charge in [0, 0.05) is 12.1 Å². The summed E-state index contributed by atoms with van der Waals surface area (Å²) in [5, 5.41) is 8.11. The molecule has 0 spiro atoms. The van der Waals surface area contributed by atoms with E-state index in [1.807, 2.05) is 6.07 Å². The lowest BCUT2D eigenvalue weighted by molar-refractivity contribution is -0.116. The molecule has 0 unspecified atom stereocenters. The van der Waals surface area contributed by atoms with E-state index >= 15 is 0 Å². The molecule has 29 heavy (non-hydrogen) atoms. The highest BCUT2D eigenvalue weighted by Gasteiger charge is 2.21. The highest BCUT2D eigenvalue weighted by molar-refractivity contribution is 6.39. The van der Waals surface area contributed by atoms with Gasteiger partial charge in [-0.15, -0.1) is 0 Å². The molecule has 0 radical (unpaired) electrons. The minimum absolute atomic E-state index is 0.178. The smallest absolute Gasteiger partial charge is 0.257 e. The maximum atomic E-state index is 12.8. The summed E-state index contributed by atoms with van der Waals surface area (Å²) in [7, 11) is 1.53. The monoisotopic (exact) mass is 450 g/mol. The summed E-state index contributed by atoms with van der Waals surface area (Å²) in [6, 6.07) is 12.1. The fraction of sp³-hybridized carbons (Fsp3) is 0.150. The normalized spacial score (nSPS) is 10.7. The van der Waals surface area contributed by atoms with Crippen LogP contribution >= 0.6 is 34.8 Å². The van der Waals surface area contributed by atoms with Gasteiger partial charge in [-0.3, -0.25) is 9.59 Å². The molecule has 0 saturated heterocycles. The predicted molar refractivity (Wildman–Crippen MR) is 115 cm³/mol.